The molecule has 0 radical (unpaired) electrons. The number of hydrogen-bond acceptors (Lipinski definition) is 8. The van der Waals surface area contributed by atoms with Crippen molar-refractivity contribution in [3.05, 3.63) is 77.8 Å². The highest BCUT2D eigenvalue weighted by atomic mass is 35.5. The van der Waals surface area contributed by atoms with Crippen molar-refractivity contribution in [3.8, 4) is 0 Å². The number of benzene rings is 2. The van der Waals surface area contributed by atoms with E-state index in [0.717, 1.165) is 24.3 Å². The molecular formula is C16H6Cl2N2O8S. The van der Waals surface area contributed by atoms with Crippen molar-refractivity contribution >= 4 is 56.0 Å². The molecule has 0 bridgehead atoms. The molecule has 0 unspecified atom stereocenters. The van der Waals surface area contributed by atoms with Gasteiger partial charge in [-0.15, -0.1) is 0 Å². The molecule has 29 heavy (non-hydrogen) atoms. The first-order valence-corrected chi connectivity index (χ1v) is 9.68. The third kappa shape index (κ3) is 3.18. The lowest BCUT2D eigenvalue weighted by Gasteiger charge is -2.17. The van der Waals surface area contributed by atoms with Crippen molar-refractivity contribution in [3.63, 3.8) is 0 Å². The molecule has 13 heteroatoms. The topological polar surface area (TPSA) is 155 Å². The van der Waals surface area contributed by atoms with Crippen LogP contribution in [-0.2, 0) is 9.84 Å². The number of nitro benzene ring substituents is 2. The predicted octanol–water partition coefficient (Wildman–Crippen LogP) is 3.40. The minimum atomic E-state index is -4.76. The standard InChI is InChI=1S/C16H6Cl2N2O8S/c17-13-14(18)16(22)12-8(15(13)21)2-1-3-11(12)29(27,28)10-5-4-7(19(23)24)6-9(10)20(25)26/h1-6H. The quantitative estimate of drug-likeness (QED) is 0.500. The van der Waals surface area contributed by atoms with Gasteiger partial charge in [0.2, 0.25) is 21.4 Å². The van der Waals surface area contributed by atoms with Crippen LogP contribution in [0.5, 0.6) is 0 Å². The van der Waals surface area contributed by atoms with Crippen LogP contribution in [0.2, 0.25) is 0 Å². The fourth-order valence-corrected chi connectivity index (χ4v) is 4.70. The van der Waals surface area contributed by atoms with Gasteiger partial charge in [0, 0.05) is 11.6 Å². The van der Waals surface area contributed by atoms with Crippen LogP contribution in [0.1, 0.15) is 20.7 Å². The normalized spacial score (nSPS) is 14.0. The van der Waals surface area contributed by atoms with Gasteiger partial charge in [0.1, 0.15) is 15.0 Å². The van der Waals surface area contributed by atoms with Crippen LogP contribution >= 0.6 is 23.2 Å². The zero-order chi connectivity index (χ0) is 21.7. The Morgan fingerprint density at radius 3 is 2.03 bits per heavy atom. The summed E-state index contributed by atoms with van der Waals surface area (Å²) >= 11 is 11.5. The van der Waals surface area contributed by atoms with Crippen molar-refractivity contribution in [1.29, 1.82) is 0 Å². The molecule has 148 valence electrons. The van der Waals surface area contributed by atoms with Gasteiger partial charge in [0.05, 0.1) is 26.4 Å². The fourth-order valence-electron chi connectivity index (χ4n) is 2.71. The number of ketones is 2. The van der Waals surface area contributed by atoms with E-state index < -0.39 is 68.0 Å². The Labute approximate surface area is 171 Å². The highest BCUT2D eigenvalue weighted by Crippen LogP contribution is 2.38. The van der Waals surface area contributed by atoms with Crippen molar-refractivity contribution in [1.82, 2.24) is 0 Å². The molecule has 0 heterocycles. The second-order valence-electron chi connectivity index (χ2n) is 5.63. The molecule has 10 nitrogen and oxygen atoms in total. The van der Waals surface area contributed by atoms with Gasteiger partial charge in [0.25, 0.3) is 11.4 Å². The fraction of sp³-hybridized carbons (Fsp3) is 0. The molecule has 0 N–H and O–H groups in total. The number of Topliss-reactive ketones (excluding diaryl/α,β-unsaturated/α-hetero) is 2. The van der Waals surface area contributed by atoms with Crippen molar-refractivity contribution in [2.24, 2.45) is 0 Å². The average molecular weight is 457 g/mol. The number of carbonyl (C=O) groups excluding carboxylic acids is 2. The summed E-state index contributed by atoms with van der Waals surface area (Å²) in [5.41, 5.74) is -2.68. The predicted molar refractivity (Wildman–Crippen MR) is 99.0 cm³/mol. The first kappa shape index (κ1) is 20.6. The Kier molecular flexibility index (Phi) is 4.99. The first-order valence-electron chi connectivity index (χ1n) is 7.44. The smallest absolute Gasteiger partial charge is 0.288 e. The second kappa shape index (κ2) is 7.03. The van der Waals surface area contributed by atoms with E-state index in [-0.39, 0.29) is 5.56 Å². The summed E-state index contributed by atoms with van der Waals surface area (Å²) in [4.78, 5) is 43.3. The molecule has 0 spiro atoms. The number of fused-ring (bicyclic) bond motifs is 1. The third-order valence-electron chi connectivity index (χ3n) is 4.02. The summed E-state index contributed by atoms with van der Waals surface area (Å²) in [6.07, 6.45) is 0. The largest absolute Gasteiger partial charge is 0.295 e. The zero-order valence-corrected chi connectivity index (χ0v) is 16.1. The van der Waals surface area contributed by atoms with Gasteiger partial charge in [-0.05, 0) is 12.1 Å². The number of sulfone groups is 1. The van der Waals surface area contributed by atoms with Crippen molar-refractivity contribution in [2.45, 2.75) is 9.79 Å². The molecule has 0 fully saturated rings. The lowest BCUT2D eigenvalue weighted by Crippen LogP contribution is -2.21. The van der Waals surface area contributed by atoms with Crippen LogP contribution in [0.15, 0.2) is 56.3 Å². The third-order valence-corrected chi connectivity index (χ3v) is 6.68. The molecule has 0 aromatic heterocycles. The number of nitrogens with zero attached hydrogens (tertiary/aromatic N) is 2. The molecule has 0 amide bonds. The Morgan fingerprint density at radius 1 is 0.828 bits per heavy atom. The molecule has 1 aliphatic carbocycles. The van der Waals surface area contributed by atoms with Crippen LogP contribution in [0.3, 0.4) is 0 Å². The molecule has 2 aromatic carbocycles. The van der Waals surface area contributed by atoms with E-state index in [4.69, 9.17) is 23.2 Å². The van der Waals surface area contributed by atoms with Gasteiger partial charge in [-0.25, -0.2) is 8.42 Å². The number of allylic oxidation sites excluding steroid dienone is 2. The lowest BCUT2D eigenvalue weighted by atomic mass is 9.94. The van der Waals surface area contributed by atoms with E-state index in [2.05, 4.69) is 0 Å². The molecular weight excluding hydrogens is 451 g/mol. The van der Waals surface area contributed by atoms with Crippen molar-refractivity contribution < 1.29 is 27.9 Å². The van der Waals surface area contributed by atoms with Crippen LogP contribution in [0.4, 0.5) is 11.4 Å². The highest BCUT2D eigenvalue weighted by molar-refractivity contribution is 7.91. The monoisotopic (exact) mass is 456 g/mol. The maximum absolute atomic E-state index is 13.1. The SMILES string of the molecule is O=C1C(Cl)=C(Cl)C(=O)c2c1cccc2S(=O)(=O)c1ccc([N+](=O)[O-])cc1[N+](=O)[O-]. The average Bonchev–Trinajstić information content (AvgIpc) is 2.69. The summed E-state index contributed by atoms with van der Waals surface area (Å²) in [5.74, 6) is -1.93. The minimum absolute atomic E-state index is 0.338. The van der Waals surface area contributed by atoms with Gasteiger partial charge in [0.15, 0.2) is 0 Å². The zero-order valence-electron chi connectivity index (χ0n) is 13.8. The lowest BCUT2D eigenvalue weighted by molar-refractivity contribution is -0.396. The van der Waals surface area contributed by atoms with Crippen LogP contribution in [0, 0.1) is 20.2 Å². The molecule has 0 saturated heterocycles. The van der Waals surface area contributed by atoms with E-state index in [1.165, 1.54) is 0 Å². The van der Waals surface area contributed by atoms with Gasteiger partial charge in [-0.1, -0.05) is 35.3 Å². The number of carbonyl (C=O) groups is 2. The summed E-state index contributed by atoms with van der Waals surface area (Å²) in [7, 11) is -4.76. The van der Waals surface area contributed by atoms with Crippen molar-refractivity contribution in [2.75, 3.05) is 0 Å². The number of nitro groups is 2. The van der Waals surface area contributed by atoms with Gasteiger partial charge in [-0.3, -0.25) is 29.8 Å². The van der Waals surface area contributed by atoms with E-state index in [1.54, 1.807) is 0 Å². The Balaban J connectivity index is 2.33. The molecule has 3 rings (SSSR count). The summed E-state index contributed by atoms with van der Waals surface area (Å²) < 4.78 is 26.2. The van der Waals surface area contributed by atoms with E-state index in [0.29, 0.717) is 12.1 Å². The molecule has 1 aliphatic rings. The molecule has 0 aliphatic heterocycles. The molecule has 0 saturated carbocycles. The first-order chi connectivity index (χ1) is 13.5. The Morgan fingerprint density at radius 2 is 1.45 bits per heavy atom. The van der Waals surface area contributed by atoms with E-state index in [9.17, 15) is 38.2 Å². The van der Waals surface area contributed by atoms with Gasteiger partial charge < -0.3 is 0 Å². The minimum Gasteiger partial charge on any atom is -0.288 e. The number of halogens is 2. The Hall–Kier alpha value is -3.15. The van der Waals surface area contributed by atoms with Crippen LogP contribution in [0.25, 0.3) is 0 Å². The van der Waals surface area contributed by atoms with Crippen LogP contribution < -0.4 is 0 Å². The molecule has 2 aromatic rings. The van der Waals surface area contributed by atoms with E-state index in [1.807, 2.05) is 0 Å². The maximum Gasteiger partial charge on any atom is 0.295 e. The highest BCUT2D eigenvalue weighted by Gasteiger charge is 2.38. The Bertz CT molecular complexity index is 1280. The van der Waals surface area contributed by atoms with E-state index >= 15 is 0 Å². The summed E-state index contributed by atoms with van der Waals surface area (Å²) in [6.45, 7) is 0. The molecule has 0 atom stereocenters. The summed E-state index contributed by atoms with van der Waals surface area (Å²) in [5, 5.41) is 20.9. The van der Waals surface area contributed by atoms with Crippen LogP contribution in [-0.4, -0.2) is 29.8 Å². The number of rotatable bonds is 4. The maximum atomic E-state index is 13.1. The number of non-ortho nitro benzene ring substituents is 1. The van der Waals surface area contributed by atoms with Gasteiger partial charge in [-0.2, -0.15) is 0 Å². The van der Waals surface area contributed by atoms with Gasteiger partial charge >= 0.3 is 0 Å². The second-order valence-corrected chi connectivity index (χ2v) is 8.28. The summed E-state index contributed by atoms with van der Waals surface area (Å²) in [6, 6.07) is 5.21. The number of hydrogen-bond donors (Lipinski definition) is 0.